The zero-order valence-corrected chi connectivity index (χ0v) is 30.2. The molecule has 0 saturated carbocycles. The van der Waals surface area contributed by atoms with E-state index in [9.17, 15) is 9.59 Å². The van der Waals surface area contributed by atoms with Crippen LogP contribution in [0.5, 0.6) is 5.75 Å². The minimum atomic E-state index is -1.01. The first-order valence-electron chi connectivity index (χ1n) is 18.5. The van der Waals surface area contributed by atoms with E-state index in [0.29, 0.717) is 34.7 Å². The maximum Gasteiger partial charge on any atom is 0.249 e. The Labute approximate surface area is 306 Å². The zero-order valence-electron chi connectivity index (χ0n) is 30.2. The smallest absolute Gasteiger partial charge is 0.249 e. The van der Waals surface area contributed by atoms with E-state index in [-0.39, 0.29) is 30.1 Å². The van der Waals surface area contributed by atoms with Crippen LogP contribution >= 0.6 is 0 Å². The van der Waals surface area contributed by atoms with Gasteiger partial charge in [-0.15, -0.1) is 0 Å². The van der Waals surface area contributed by atoms with Crippen molar-refractivity contribution in [1.29, 1.82) is 0 Å². The minimum Gasteiger partial charge on any atom is -0.469 e. The number of nitrogens with zero attached hydrogens (tertiary/aromatic N) is 2. The Morgan fingerprint density at radius 1 is 1.00 bits per heavy atom. The van der Waals surface area contributed by atoms with E-state index in [2.05, 4.69) is 69.8 Å². The second kappa shape index (κ2) is 11.4. The normalized spacial score (nSPS) is 23.2. The molecule has 10 bridgehead atoms. The number of oxazole rings is 2. The summed E-state index contributed by atoms with van der Waals surface area (Å²) in [7, 11) is 1.76. The monoisotopic (exact) mass is 708 g/mol. The van der Waals surface area contributed by atoms with Crippen LogP contribution in [0.15, 0.2) is 75.7 Å². The molecule has 10 rings (SSSR count). The van der Waals surface area contributed by atoms with Crippen LogP contribution in [0.1, 0.15) is 79.0 Å². The van der Waals surface area contributed by atoms with Crippen LogP contribution in [-0.2, 0) is 27.8 Å². The van der Waals surface area contributed by atoms with Crippen LogP contribution in [0.2, 0.25) is 0 Å². The highest BCUT2D eigenvalue weighted by Crippen LogP contribution is 2.61. The lowest BCUT2D eigenvalue weighted by Gasteiger charge is -2.29. The first-order valence-corrected chi connectivity index (χ1v) is 18.5. The summed E-state index contributed by atoms with van der Waals surface area (Å²) in [6.07, 6.45) is 4.41. The third-order valence-electron chi connectivity index (χ3n) is 11.6. The first kappa shape index (κ1) is 32.0. The molecule has 6 heterocycles. The number of hydrogen-bond acceptors (Lipinski definition) is 9. The summed E-state index contributed by atoms with van der Waals surface area (Å²) in [6.45, 7) is 7.97. The van der Waals surface area contributed by atoms with Crippen molar-refractivity contribution in [3.05, 3.63) is 112 Å². The van der Waals surface area contributed by atoms with Crippen LogP contribution in [0.4, 0.5) is 5.69 Å². The fraction of sp³-hybridized carbons (Fsp3) is 0.333. The van der Waals surface area contributed by atoms with Gasteiger partial charge in [-0.25, -0.2) is 9.97 Å². The molecular weight excluding hydrogens is 668 g/mol. The van der Waals surface area contributed by atoms with Gasteiger partial charge >= 0.3 is 0 Å². The van der Waals surface area contributed by atoms with Gasteiger partial charge in [0.1, 0.15) is 23.2 Å². The molecule has 53 heavy (non-hydrogen) atoms. The number of para-hydroxylation sites is 1. The summed E-state index contributed by atoms with van der Waals surface area (Å²) in [5.74, 6) is 1.83. The first-order chi connectivity index (χ1) is 25.7. The van der Waals surface area contributed by atoms with Gasteiger partial charge < -0.3 is 34.8 Å². The average Bonchev–Trinajstić information content (AvgIpc) is 3.96. The number of aromatic nitrogens is 2. The van der Waals surface area contributed by atoms with E-state index in [1.165, 1.54) is 5.56 Å². The van der Waals surface area contributed by atoms with Crippen LogP contribution in [0.25, 0.3) is 28.3 Å². The minimum absolute atomic E-state index is 0.0153. The number of carbonyl (C=O) groups excluding carboxylic acids is 2. The number of anilines is 1. The maximum atomic E-state index is 14.3. The number of fused-ring (bicyclic) bond motifs is 7. The number of amides is 2. The fourth-order valence-corrected chi connectivity index (χ4v) is 9.13. The molecule has 268 valence electrons. The highest BCUT2D eigenvalue weighted by atomic mass is 16.5. The molecule has 4 N–H and O–H groups in total. The maximum absolute atomic E-state index is 14.3. The summed E-state index contributed by atoms with van der Waals surface area (Å²) in [5.41, 5.74) is 8.58. The highest BCUT2D eigenvalue weighted by molar-refractivity contribution is 5.97. The molecule has 5 aromatic rings. The number of benzene rings is 3. The van der Waals surface area contributed by atoms with Gasteiger partial charge in [0, 0.05) is 34.4 Å². The Bertz CT molecular complexity index is 2410. The molecule has 2 amide bonds. The second-order valence-corrected chi connectivity index (χ2v) is 15.4. The van der Waals surface area contributed by atoms with Gasteiger partial charge in [0.15, 0.2) is 23.4 Å². The standard InChI is InChI=1S/C42H40N6O5/c1-19(2)32(43-5)38(50)45-28-17-21-12-15-29-27(16-21)42-26-11-7-10-24(34(26)48-41(42)52-29)23-9-6-8-22-13-14-25(31(22)23)30-18-44-39(51-30)35-36(42)53-40(47-35)33(20(3)4)46-37(28)49/h6-12,14-16,18-20,28,32-33,41,43,48H,13,17H2,1-5H3,(H,45,50)(H,46,49)/t28?,32-,33-,41-,42?/m0/s1. The van der Waals surface area contributed by atoms with E-state index in [1.807, 2.05) is 39.8 Å². The van der Waals surface area contributed by atoms with Crippen molar-refractivity contribution in [2.75, 3.05) is 12.4 Å². The van der Waals surface area contributed by atoms with Crippen molar-refractivity contribution in [3.8, 4) is 28.5 Å². The summed E-state index contributed by atoms with van der Waals surface area (Å²) in [6, 6.07) is 16.9. The van der Waals surface area contributed by atoms with E-state index in [1.54, 1.807) is 13.2 Å². The van der Waals surface area contributed by atoms with Gasteiger partial charge in [0.2, 0.25) is 23.6 Å². The molecule has 0 saturated heterocycles. The second-order valence-electron chi connectivity index (χ2n) is 15.4. The lowest BCUT2D eigenvalue weighted by Crippen LogP contribution is -2.55. The molecule has 0 radical (unpaired) electrons. The molecule has 0 fully saturated rings. The van der Waals surface area contributed by atoms with Gasteiger partial charge in [-0.05, 0) is 53.6 Å². The Morgan fingerprint density at radius 2 is 1.83 bits per heavy atom. The topological polar surface area (TPSA) is 144 Å². The van der Waals surface area contributed by atoms with Crippen LogP contribution in [-0.4, -0.2) is 47.1 Å². The number of likely N-dealkylation sites (N-methyl/N-ethyl adjacent to an activating group) is 1. The van der Waals surface area contributed by atoms with Gasteiger partial charge in [-0.3, -0.25) is 9.59 Å². The van der Waals surface area contributed by atoms with E-state index in [4.69, 9.17) is 23.5 Å². The predicted octanol–water partition coefficient (Wildman–Crippen LogP) is 5.87. The van der Waals surface area contributed by atoms with Gasteiger partial charge in [0.25, 0.3) is 0 Å². The largest absolute Gasteiger partial charge is 0.469 e. The molecular formula is C42H40N6O5. The van der Waals surface area contributed by atoms with Crippen LogP contribution < -0.4 is 26.0 Å². The Kier molecular flexibility index (Phi) is 6.89. The summed E-state index contributed by atoms with van der Waals surface area (Å²) < 4.78 is 20.6. The van der Waals surface area contributed by atoms with Crippen molar-refractivity contribution in [2.45, 2.75) is 70.3 Å². The Morgan fingerprint density at radius 3 is 2.64 bits per heavy atom. The zero-order chi connectivity index (χ0) is 36.3. The molecule has 5 atom stereocenters. The van der Waals surface area contributed by atoms with E-state index >= 15 is 0 Å². The molecule has 11 heteroatoms. The third-order valence-corrected chi connectivity index (χ3v) is 11.6. The molecule has 1 aliphatic carbocycles. The molecule has 11 nitrogen and oxygen atoms in total. The summed E-state index contributed by atoms with van der Waals surface area (Å²) in [5, 5.41) is 13.2. The summed E-state index contributed by atoms with van der Waals surface area (Å²) >= 11 is 0. The predicted molar refractivity (Wildman–Crippen MR) is 198 cm³/mol. The Hall–Kier alpha value is -5.68. The van der Waals surface area contributed by atoms with E-state index in [0.717, 1.165) is 51.1 Å². The number of ether oxygens (including phenoxy) is 1. The van der Waals surface area contributed by atoms with Gasteiger partial charge in [0.05, 0.1) is 12.2 Å². The van der Waals surface area contributed by atoms with Crippen molar-refractivity contribution in [1.82, 2.24) is 25.9 Å². The number of rotatable bonds is 5. The average molecular weight is 709 g/mol. The quantitative estimate of drug-likeness (QED) is 0.176. The van der Waals surface area contributed by atoms with Crippen LogP contribution in [0, 0.1) is 11.8 Å². The number of allylic oxidation sites excluding steroid dienone is 1. The van der Waals surface area contributed by atoms with Gasteiger partial charge in [-0.1, -0.05) is 82.3 Å². The molecule has 4 aliphatic heterocycles. The lowest BCUT2D eigenvalue weighted by molar-refractivity contribution is -0.131. The van der Waals surface area contributed by atoms with Crippen molar-refractivity contribution < 1.29 is 23.2 Å². The summed E-state index contributed by atoms with van der Waals surface area (Å²) in [4.78, 5) is 37.9. The molecule has 5 aliphatic rings. The molecule has 1 spiro atoms. The SMILES string of the molecule is CN[C@H](C(=O)NC1Cc2ccc3c(c2)C24c5cccc(c5N[C@H]2O3)-c2cccc3c2C(=CC3)c2cnc(o2)-c2nc(oc24)[C@H](C(C)C)NC1=O)C(C)C. The van der Waals surface area contributed by atoms with Gasteiger partial charge in [-0.2, -0.15) is 0 Å². The molecule has 2 unspecified atom stereocenters. The number of carbonyl (C=O) groups is 2. The van der Waals surface area contributed by atoms with Crippen LogP contribution in [0.3, 0.4) is 0 Å². The number of hydrogen-bond donors (Lipinski definition) is 4. The van der Waals surface area contributed by atoms with Crippen molar-refractivity contribution >= 4 is 23.1 Å². The highest BCUT2D eigenvalue weighted by Gasteiger charge is 2.61. The third kappa shape index (κ3) is 4.43. The van der Waals surface area contributed by atoms with Crippen molar-refractivity contribution in [3.63, 3.8) is 0 Å². The molecule has 3 aromatic carbocycles. The molecule has 2 aromatic heterocycles. The van der Waals surface area contributed by atoms with Crippen molar-refractivity contribution in [2.24, 2.45) is 11.8 Å². The fourth-order valence-electron chi connectivity index (χ4n) is 9.13. The lowest BCUT2D eigenvalue weighted by atomic mass is 9.72. The number of nitrogens with one attached hydrogen (secondary N) is 4. The Balaban J connectivity index is 1.26. The van der Waals surface area contributed by atoms with E-state index < -0.39 is 29.8 Å².